The molecule has 4 heterocycles. The van der Waals surface area contributed by atoms with Crippen LogP contribution < -0.4 is 10.8 Å². The monoisotopic (exact) mass is 403 g/mol. The molecule has 2 bridgehead atoms. The van der Waals surface area contributed by atoms with E-state index in [2.05, 4.69) is 28.6 Å². The summed E-state index contributed by atoms with van der Waals surface area (Å²) in [6.45, 7) is 3.03. The van der Waals surface area contributed by atoms with Gasteiger partial charge < -0.3 is 10.2 Å². The van der Waals surface area contributed by atoms with E-state index < -0.39 is 6.04 Å². The second kappa shape index (κ2) is 8.11. The van der Waals surface area contributed by atoms with E-state index >= 15 is 0 Å². The number of nitrogens with zero attached hydrogens (tertiary/aromatic N) is 3. The molecule has 0 radical (unpaired) electrons. The molecule has 4 aliphatic heterocycles. The van der Waals surface area contributed by atoms with Gasteiger partial charge in [0, 0.05) is 56.3 Å². The molecule has 0 spiro atoms. The number of hydrogen-bond acceptors (Lipinski definition) is 8. The molecule has 3 amide bonds. The number of urea groups is 1. The maximum absolute atomic E-state index is 12.4. The lowest BCUT2D eigenvalue weighted by Gasteiger charge is -2.29. The molecule has 4 atom stereocenters. The van der Waals surface area contributed by atoms with Gasteiger partial charge in [0.1, 0.15) is 6.04 Å². The molecule has 0 aliphatic carbocycles. The molecule has 9 nitrogen and oxygen atoms in total. The van der Waals surface area contributed by atoms with Gasteiger partial charge in [-0.15, -0.1) is 11.8 Å². The molecule has 11 heteroatoms. The number of thiol groups is 1. The van der Waals surface area contributed by atoms with E-state index in [4.69, 9.17) is 9.12 Å². The van der Waals surface area contributed by atoms with Crippen LogP contribution >= 0.6 is 24.7 Å². The fourth-order valence-corrected chi connectivity index (χ4v) is 5.48. The number of hydrogen-bond donors (Lipinski definition) is 3. The highest BCUT2D eigenvalue weighted by Crippen LogP contribution is 2.30. The number of piperidine rings is 1. The Morgan fingerprint density at radius 3 is 3.04 bits per heavy atom. The maximum atomic E-state index is 12.4. The Balaban J connectivity index is 1.21. The lowest BCUT2D eigenvalue weighted by molar-refractivity contribution is -0.139. The van der Waals surface area contributed by atoms with Crippen molar-refractivity contribution in [1.29, 1.82) is 0 Å². The van der Waals surface area contributed by atoms with Crippen LogP contribution in [0.1, 0.15) is 19.3 Å². The number of amides is 3. The molecule has 26 heavy (non-hydrogen) atoms. The molecule has 4 fully saturated rings. The number of carbonyl (C=O) groups excluding carboxylic acids is 2. The van der Waals surface area contributed by atoms with Gasteiger partial charge in [0.15, 0.2) is 0 Å². The number of rotatable bonds is 6. The van der Waals surface area contributed by atoms with Gasteiger partial charge in [0.05, 0.1) is 12.6 Å². The molecule has 146 valence electrons. The van der Waals surface area contributed by atoms with Crippen molar-refractivity contribution < 1.29 is 18.7 Å². The molecule has 4 saturated heterocycles. The smallest absolute Gasteiger partial charge is 0.310 e. The highest BCUT2D eigenvalue weighted by Gasteiger charge is 2.48. The lowest BCUT2D eigenvalue weighted by Crippen LogP contribution is -2.50. The summed E-state index contributed by atoms with van der Waals surface area (Å²) < 4.78 is 4.83. The molecule has 0 aromatic heterocycles. The van der Waals surface area contributed by atoms with Crippen molar-refractivity contribution in [1.82, 2.24) is 25.7 Å². The number of nitrogens with one attached hydrogen (secondary N) is 2. The number of thioether (sulfide) groups is 1. The normalized spacial score (nSPS) is 34.7. The predicted octanol–water partition coefficient (Wildman–Crippen LogP) is -0.184. The second-order valence-corrected chi connectivity index (χ2v) is 8.45. The van der Waals surface area contributed by atoms with Crippen molar-refractivity contribution in [2.45, 2.75) is 43.4 Å². The third-order valence-electron chi connectivity index (χ3n) is 5.67. The molecule has 4 rings (SSSR count). The molecule has 0 aromatic carbocycles. The molecule has 4 aliphatic rings. The second-order valence-electron chi connectivity index (χ2n) is 7.21. The minimum absolute atomic E-state index is 0.0339. The molecule has 0 aromatic rings. The molecule has 2 N–H and O–H groups in total. The fourth-order valence-electron chi connectivity index (χ4n) is 4.21. The fraction of sp³-hybridized carbons (Fsp3) is 0.867. The zero-order valence-electron chi connectivity index (χ0n) is 14.5. The average molecular weight is 404 g/mol. The first-order chi connectivity index (χ1) is 12.7. The third-order valence-corrected chi connectivity index (χ3v) is 6.83. The highest BCUT2D eigenvalue weighted by molar-refractivity contribution is 7.99. The van der Waals surface area contributed by atoms with Gasteiger partial charge >= 0.3 is 6.03 Å². The Morgan fingerprint density at radius 2 is 2.27 bits per heavy atom. The summed E-state index contributed by atoms with van der Waals surface area (Å²) in [4.78, 5) is 34.1. The first-order valence-electron chi connectivity index (χ1n) is 9.05. The standard InChI is InChI=1S/C15H25N5O4S2/c21-14(13-2-1-11-7-19(13)15(22)20(11)24-25)17-23-8-10-5-12(6-16-10)18-3-4-26-9-18/h10-13,16,25H,1-9H2,(H,17,21)/t10-,11?,12-,13?/m0/s1. The summed E-state index contributed by atoms with van der Waals surface area (Å²) in [5, 5.41) is 4.69. The highest BCUT2D eigenvalue weighted by atomic mass is 32.2. The van der Waals surface area contributed by atoms with E-state index in [0.717, 1.165) is 25.4 Å². The zero-order valence-corrected chi connectivity index (χ0v) is 16.2. The summed E-state index contributed by atoms with van der Waals surface area (Å²) in [5.74, 6) is 2.04. The van der Waals surface area contributed by atoms with Crippen molar-refractivity contribution >= 4 is 36.6 Å². The molecule has 2 unspecified atom stereocenters. The van der Waals surface area contributed by atoms with E-state index in [1.54, 1.807) is 0 Å². The van der Waals surface area contributed by atoms with Gasteiger partial charge in [-0.1, -0.05) is 0 Å². The zero-order chi connectivity index (χ0) is 18.1. The Bertz CT molecular complexity index is 550. The molecular weight excluding hydrogens is 378 g/mol. The Labute approximate surface area is 162 Å². The van der Waals surface area contributed by atoms with Crippen LogP contribution in [0, 0.1) is 0 Å². The maximum Gasteiger partial charge on any atom is 0.345 e. The SMILES string of the molecule is O=C(NOC[C@@H]1C[C@H](N2CCSC2)CN1)C1CCC2CN1C(=O)N2OS. The van der Waals surface area contributed by atoms with E-state index in [9.17, 15) is 9.59 Å². The minimum Gasteiger partial charge on any atom is -0.310 e. The Hall–Kier alpha value is -0.720. The van der Waals surface area contributed by atoms with Crippen molar-refractivity contribution in [3.63, 3.8) is 0 Å². The van der Waals surface area contributed by atoms with Crippen LogP contribution in [-0.2, 0) is 13.9 Å². The van der Waals surface area contributed by atoms with Crippen LogP contribution in [-0.4, -0.2) is 88.8 Å². The van der Waals surface area contributed by atoms with Gasteiger partial charge in [-0.3, -0.25) is 14.5 Å². The van der Waals surface area contributed by atoms with Crippen LogP contribution in [0.4, 0.5) is 4.79 Å². The summed E-state index contributed by atoms with van der Waals surface area (Å²) in [7, 11) is 0. The number of fused-ring (bicyclic) bond motifs is 2. The van der Waals surface area contributed by atoms with Gasteiger partial charge in [-0.25, -0.2) is 14.6 Å². The van der Waals surface area contributed by atoms with Crippen molar-refractivity contribution in [2.24, 2.45) is 0 Å². The van der Waals surface area contributed by atoms with Gasteiger partial charge in [-0.2, -0.15) is 5.06 Å². The summed E-state index contributed by atoms with van der Waals surface area (Å²) in [6, 6.07) is -0.0694. The molecular formula is C15H25N5O4S2. The van der Waals surface area contributed by atoms with E-state index in [1.165, 1.54) is 15.7 Å². The first-order valence-corrected chi connectivity index (χ1v) is 10.6. The van der Waals surface area contributed by atoms with Crippen LogP contribution in [0.5, 0.6) is 0 Å². The molecule has 0 saturated carbocycles. The third kappa shape index (κ3) is 3.65. The van der Waals surface area contributed by atoms with Gasteiger partial charge in [0.2, 0.25) is 0 Å². The first kappa shape index (κ1) is 18.6. The van der Waals surface area contributed by atoms with E-state index in [1.807, 2.05) is 11.8 Å². The number of hydroxylamine groups is 3. The summed E-state index contributed by atoms with van der Waals surface area (Å²) in [6.07, 6.45) is 2.33. The average Bonchev–Trinajstić information content (AvgIpc) is 3.37. The quantitative estimate of drug-likeness (QED) is 0.322. The largest absolute Gasteiger partial charge is 0.345 e. The number of carbonyl (C=O) groups is 2. The van der Waals surface area contributed by atoms with Crippen LogP contribution in [0.15, 0.2) is 0 Å². The Kier molecular flexibility index (Phi) is 5.81. The van der Waals surface area contributed by atoms with Crippen LogP contribution in [0.25, 0.3) is 0 Å². The van der Waals surface area contributed by atoms with E-state index in [0.29, 0.717) is 32.0 Å². The van der Waals surface area contributed by atoms with E-state index in [-0.39, 0.29) is 24.0 Å². The van der Waals surface area contributed by atoms with Crippen molar-refractivity contribution in [3.8, 4) is 0 Å². The van der Waals surface area contributed by atoms with Gasteiger partial charge in [0.25, 0.3) is 5.91 Å². The predicted molar refractivity (Wildman–Crippen MR) is 99.1 cm³/mol. The minimum atomic E-state index is -0.516. The van der Waals surface area contributed by atoms with Crippen molar-refractivity contribution in [3.05, 3.63) is 0 Å². The summed E-state index contributed by atoms with van der Waals surface area (Å²) >= 11 is 5.70. The van der Waals surface area contributed by atoms with Crippen LogP contribution in [0.2, 0.25) is 0 Å². The van der Waals surface area contributed by atoms with Crippen molar-refractivity contribution in [2.75, 3.05) is 37.9 Å². The van der Waals surface area contributed by atoms with Gasteiger partial charge in [-0.05, 0) is 19.3 Å². The van der Waals surface area contributed by atoms with Crippen LogP contribution in [0.3, 0.4) is 0 Å². The Morgan fingerprint density at radius 1 is 1.38 bits per heavy atom. The topological polar surface area (TPSA) is 86.4 Å². The lowest BCUT2D eigenvalue weighted by atomic mass is 10.0. The summed E-state index contributed by atoms with van der Waals surface area (Å²) in [5.41, 5.74) is 2.53.